The Bertz CT molecular complexity index is 989. The van der Waals surface area contributed by atoms with Gasteiger partial charge < -0.3 is 25.6 Å². The van der Waals surface area contributed by atoms with E-state index in [1.165, 1.54) is 32.1 Å². The van der Waals surface area contributed by atoms with Crippen LogP contribution >= 0.6 is 0 Å². The topological polar surface area (TPSA) is 142 Å². The standard InChI is InChI=1S/C41H70N2O7/c1-3-5-7-9-10-11-12-13-14-15-16-17-18-19-20-21-22-23-29-33-40(47)50-36(30-26-8-6-4-2)31-27-24-25-28-32-38(45)42-34-39(46)43-37(35-44)41(48)49/h5,7,10-11,13-14,16-17,36-37,44H,3-4,6,8-9,12,15,18-35H2,1-2H3,(H,42,45)(H,43,46)(H,48,49)/b7-5-,11-10-,14-13-,17-16-. The molecule has 0 saturated heterocycles. The predicted octanol–water partition coefficient (Wildman–Crippen LogP) is 8.81. The van der Waals surface area contributed by atoms with Gasteiger partial charge >= 0.3 is 11.9 Å². The highest BCUT2D eigenvalue weighted by Crippen LogP contribution is 2.18. The van der Waals surface area contributed by atoms with Crippen LogP contribution in [-0.2, 0) is 23.9 Å². The van der Waals surface area contributed by atoms with Crippen LogP contribution < -0.4 is 10.6 Å². The second kappa shape index (κ2) is 35.6. The number of aliphatic hydroxyl groups excluding tert-OH is 1. The predicted molar refractivity (Wildman–Crippen MR) is 204 cm³/mol. The SMILES string of the molecule is CC/C=C\C/C=C\C/C=C\C/C=C\CCCCCCCCC(=O)OC(CCCCCC)CCCCCCC(=O)NCC(=O)NC(CO)C(=O)O. The van der Waals surface area contributed by atoms with Crippen molar-refractivity contribution in [3.8, 4) is 0 Å². The maximum absolute atomic E-state index is 12.6. The molecule has 9 nitrogen and oxygen atoms in total. The van der Waals surface area contributed by atoms with Crippen LogP contribution in [-0.4, -0.2) is 59.3 Å². The van der Waals surface area contributed by atoms with Crippen LogP contribution in [0.2, 0.25) is 0 Å². The number of carbonyl (C=O) groups is 4. The number of hydrogen-bond donors (Lipinski definition) is 4. The molecule has 2 unspecified atom stereocenters. The minimum atomic E-state index is -1.39. The minimum Gasteiger partial charge on any atom is -0.480 e. The third-order valence-corrected chi connectivity index (χ3v) is 8.34. The van der Waals surface area contributed by atoms with E-state index in [1.54, 1.807) is 0 Å². The summed E-state index contributed by atoms with van der Waals surface area (Å²) in [5, 5.41) is 22.5. The maximum Gasteiger partial charge on any atom is 0.328 e. The van der Waals surface area contributed by atoms with Gasteiger partial charge in [0.2, 0.25) is 11.8 Å². The lowest BCUT2D eigenvalue weighted by atomic mass is 10.0. The lowest BCUT2D eigenvalue weighted by Gasteiger charge is -2.18. The van der Waals surface area contributed by atoms with Gasteiger partial charge in [-0.2, -0.15) is 0 Å². The van der Waals surface area contributed by atoms with Crippen molar-refractivity contribution in [2.24, 2.45) is 0 Å². The van der Waals surface area contributed by atoms with Crippen molar-refractivity contribution in [3.63, 3.8) is 0 Å². The number of amides is 2. The van der Waals surface area contributed by atoms with Crippen molar-refractivity contribution in [1.29, 1.82) is 0 Å². The maximum atomic E-state index is 12.6. The lowest BCUT2D eigenvalue weighted by molar-refractivity contribution is -0.150. The molecule has 9 heteroatoms. The van der Waals surface area contributed by atoms with E-state index in [2.05, 4.69) is 73.1 Å². The number of esters is 1. The Morgan fingerprint density at radius 3 is 1.72 bits per heavy atom. The van der Waals surface area contributed by atoms with Gasteiger partial charge in [0.25, 0.3) is 0 Å². The molecule has 0 aromatic carbocycles. The molecule has 2 atom stereocenters. The van der Waals surface area contributed by atoms with Crippen molar-refractivity contribution >= 4 is 23.8 Å². The molecule has 0 spiro atoms. The number of hydrogen-bond acceptors (Lipinski definition) is 6. The molecule has 0 radical (unpaired) electrons. The summed E-state index contributed by atoms with van der Waals surface area (Å²) in [5.41, 5.74) is 0. The summed E-state index contributed by atoms with van der Waals surface area (Å²) in [6, 6.07) is -1.39. The van der Waals surface area contributed by atoms with Crippen molar-refractivity contribution in [2.45, 2.75) is 174 Å². The Hall–Kier alpha value is -3.20. The number of carbonyl (C=O) groups excluding carboxylic acids is 3. The van der Waals surface area contributed by atoms with E-state index in [0.717, 1.165) is 96.3 Å². The van der Waals surface area contributed by atoms with Gasteiger partial charge in [0.05, 0.1) is 13.2 Å². The van der Waals surface area contributed by atoms with E-state index in [4.69, 9.17) is 14.9 Å². The van der Waals surface area contributed by atoms with E-state index in [0.29, 0.717) is 12.8 Å². The highest BCUT2D eigenvalue weighted by molar-refractivity contribution is 5.87. The quantitative estimate of drug-likeness (QED) is 0.0298. The molecule has 0 aromatic heterocycles. The molecule has 2 amide bonds. The summed E-state index contributed by atoms with van der Waals surface area (Å²) in [5.74, 6) is -2.36. The summed E-state index contributed by atoms with van der Waals surface area (Å²) in [4.78, 5) is 47.2. The van der Waals surface area contributed by atoms with E-state index >= 15 is 0 Å². The third kappa shape index (κ3) is 32.0. The van der Waals surface area contributed by atoms with Gasteiger partial charge in [-0.1, -0.05) is 120 Å². The Balaban J connectivity index is 4.03. The Morgan fingerprint density at radius 1 is 0.620 bits per heavy atom. The van der Waals surface area contributed by atoms with E-state index in [1.807, 2.05) is 0 Å². The van der Waals surface area contributed by atoms with Crippen LogP contribution in [0.15, 0.2) is 48.6 Å². The smallest absolute Gasteiger partial charge is 0.328 e. The number of allylic oxidation sites excluding steroid dienone is 8. The van der Waals surface area contributed by atoms with Crippen molar-refractivity contribution in [1.82, 2.24) is 10.6 Å². The number of ether oxygens (including phenoxy) is 1. The van der Waals surface area contributed by atoms with Gasteiger partial charge in [0.1, 0.15) is 12.1 Å². The fourth-order valence-corrected chi connectivity index (χ4v) is 5.35. The highest BCUT2D eigenvalue weighted by Gasteiger charge is 2.19. The molecule has 0 heterocycles. The van der Waals surface area contributed by atoms with Crippen molar-refractivity contribution in [2.75, 3.05) is 13.2 Å². The molecule has 0 rings (SSSR count). The number of aliphatic carboxylic acids is 1. The summed E-state index contributed by atoms with van der Waals surface area (Å²) < 4.78 is 5.91. The highest BCUT2D eigenvalue weighted by atomic mass is 16.5. The molecule has 0 saturated carbocycles. The second-order valence-electron chi connectivity index (χ2n) is 13.0. The minimum absolute atomic E-state index is 0.0481. The third-order valence-electron chi connectivity index (χ3n) is 8.34. The average Bonchev–Trinajstić information content (AvgIpc) is 3.10. The lowest BCUT2D eigenvalue weighted by Crippen LogP contribution is -2.47. The molecule has 0 aliphatic rings. The van der Waals surface area contributed by atoms with Crippen LogP contribution in [0.25, 0.3) is 0 Å². The first kappa shape index (κ1) is 46.8. The summed E-state index contributed by atoms with van der Waals surface area (Å²) in [6.45, 7) is 3.28. The number of aliphatic hydroxyl groups is 1. The van der Waals surface area contributed by atoms with Crippen LogP contribution in [0.3, 0.4) is 0 Å². The number of carboxylic acid groups (broad SMARTS) is 1. The molecule has 0 aromatic rings. The van der Waals surface area contributed by atoms with Crippen LogP contribution in [0.1, 0.15) is 162 Å². The molecule has 0 bridgehead atoms. The number of rotatable bonds is 34. The Morgan fingerprint density at radius 2 is 1.14 bits per heavy atom. The van der Waals surface area contributed by atoms with Crippen molar-refractivity contribution < 1.29 is 34.1 Å². The van der Waals surface area contributed by atoms with Gasteiger partial charge in [0.15, 0.2) is 0 Å². The van der Waals surface area contributed by atoms with Gasteiger partial charge in [-0.15, -0.1) is 0 Å². The van der Waals surface area contributed by atoms with Gasteiger partial charge in [-0.3, -0.25) is 14.4 Å². The molecule has 0 aliphatic carbocycles. The van der Waals surface area contributed by atoms with Gasteiger partial charge in [-0.05, 0) is 77.0 Å². The molecule has 0 aliphatic heterocycles. The Labute approximate surface area is 303 Å². The molecular formula is C41H70N2O7. The number of unbranched alkanes of at least 4 members (excludes halogenated alkanes) is 12. The van der Waals surface area contributed by atoms with Crippen molar-refractivity contribution in [3.05, 3.63) is 48.6 Å². The molecule has 50 heavy (non-hydrogen) atoms. The molecule has 0 fully saturated rings. The summed E-state index contributed by atoms with van der Waals surface area (Å²) >= 11 is 0. The van der Waals surface area contributed by atoms with Gasteiger partial charge in [0, 0.05) is 12.8 Å². The first-order chi connectivity index (χ1) is 24.3. The molecule has 286 valence electrons. The molecule has 4 N–H and O–H groups in total. The van der Waals surface area contributed by atoms with E-state index in [9.17, 15) is 19.2 Å². The average molecular weight is 703 g/mol. The normalized spacial score (nSPS) is 13.0. The van der Waals surface area contributed by atoms with Gasteiger partial charge in [-0.25, -0.2) is 4.79 Å². The zero-order valence-corrected chi connectivity index (χ0v) is 31.4. The molecular weight excluding hydrogens is 632 g/mol. The summed E-state index contributed by atoms with van der Waals surface area (Å²) in [7, 11) is 0. The zero-order valence-electron chi connectivity index (χ0n) is 31.4. The first-order valence-electron chi connectivity index (χ1n) is 19.5. The van der Waals surface area contributed by atoms with Crippen LogP contribution in [0.4, 0.5) is 0 Å². The second-order valence-corrected chi connectivity index (χ2v) is 13.0. The first-order valence-corrected chi connectivity index (χ1v) is 19.5. The number of carboxylic acids is 1. The van der Waals surface area contributed by atoms with Crippen LogP contribution in [0.5, 0.6) is 0 Å². The monoisotopic (exact) mass is 703 g/mol. The van der Waals surface area contributed by atoms with E-state index in [-0.39, 0.29) is 30.9 Å². The van der Waals surface area contributed by atoms with E-state index < -0.39 is 24.5 Å². The fraction of sp³-hybridized carbons (Fsp3) is 0.707. The fourth-order valence-electron chi connectivity index (χ4n) is 5.35. The zero-order chi connectivity index (χ0) is 36.9. The number of nitrogens with one attached hydrogen (secondary N) is 2. The summed E-state index contributed by atoms with van der Waals surface area (Å²) in [6.07, 6.45) is 40.2. The largest absolute Gasteiger partial charge is 0.480 e. The Kier molecular flexibility index (Phi) is 33.3. The van der Waals surface area contributed by atoms with Crippen LogP contribution in [0, 0.1) is 0 Å².